The van der Waals surface area contributed by atoms with Crippen molar-refractivity contribution in [1.29, 1.82) is 0 Å². The van der Waals surface area contributed by atoms with Crippen LogP contribution in [0.15, 0.2) is 30.5 Å². The molecule has 0 atom stereocenters. The van der Waals surface area contributed by atoms with Crippen LogP contribution in [-0.2, 0) is 0 Å². The predicted octanol–water partition coefficient (Wildman–Crippen LogP) is 4.18. The molecule has 0 unspecified atom stereocenters. The first-order chi connectivity index (χ1) is 9.08. The second kappa shape index (κ2) is 4.43. The van der Waals surface area contributed by atoms with Crippen molar-refractivity contribution in [2.75, 3.05) is 0 Å². The lowest BCUT2D eigenvalue weighted by molar-refractivity contribution is 0.628. The Balaban J connectivity index is 2.36. The molecule has 0 fully saturated rings. The van der Waals surface area contributed by atoms with E-state index in [9.17, 15) is 4.39 Å². The fraction of sp³-hybridized carbons (Fsp3) is 0.0769. The topological polar surface area (TPSA) is 33.6 Å². The normalized spacial score (nSPS) is 11.1. The van der Waals surface area contributed by atoms with E-state index in [1.54, 1.807) is 16.8 Å². The van der Waals surface area contributed by atoms with E-state index in [1.165, 1.54) is 12.1 Å². The molecule has 1 aromatic carbocycles. The predicted molar refractivity (Wildman–Crippen MR) is 76.0 cm³/mol. The van der Waals surface area contributed by atoms with Gasteiger partial charge in [0, 0.05) is 6.20 Å². The average Bonchev–Trinajstić information content (AvgIpc) is 2.71. The maximum atomic E-state index is 13.2. The van der Waals surface area contributed by atoms with Crippen LogP contribution < -0.4 is 0 Å². The SMILES string of the molecule is Cc1ccnc2c1[nH]c(=S)n2-c1ccc(F)c(Cl)c1. The zero-order chi connectivity index (χ0) is 13.6. The summed E-state index contributed by atoms with van der Waals surface area (Å²) in [6.45, 7) is 1.97. The second-order valence-corrected chi connectivity index (χ2v) is 4.98. The molecule has 1 N–H and O–H groups in total. The Labute approximate surface area is 118 Å². The van der Waals surface area contributed by atoms with Crippen LogP contribution in [0.5, 0.6) is 0 Å². The summed E-state index contributed by atoms with van der Waals surface area (Å²) in [6, 6.07) is 6.36. The third-order valence-corrected chi connectivity index (χ3v) is 3.52. The molecular weight excluding hydrogens is 285 g/mol. The fourth-order valence-electron chi connectivity index (χ4n) is 1.99. The van der Waals surface area contributed by atoms with Crippen molar-refractivity contribution in [3.63, 3.8) is 0 Å². The Kier molecular flexibility index (Phi) is 2.88. The van der Waals surface area contributed by atoms with Gasteiger partial charge in [-0.2, -0.15) is 0 Å². The maximum Gasteiger partial charge on any atom is 0.184 e. The lowest BCUT2D eigenvalue weighted by Crippen LogP contribution is -1.96. The van der Waals surface area contributed by atoms with Crippen LogP contribution >= 0.6 is 23.8 Å². The molecule has 2 heterocycles. The molecule has 0 aliphatic rings. The van der Waals surface area contributed by atoms with Gasteiger partial charge in [0.15, 0.2) is 10.4 Å². The Hall–Kier alpha value is -1.72. The highest BCUT2D eigenvalue weighted by Crippen LogP contribution is 2.23. The van der Waals surface area contributed by atoms with E-state index in [2.05, 4.69) is 9.97 Å². The molecule has 3 nitrogen and oxygen atoms in total. The lowest BCUT2D eigenvalue weighted by Gasteiger charge is -2.05. The Morgan fingerprint density at radius 3 is 2.89 bits per heavy atom. The highest BCUT2D eigenvalue weighted by molar-refractivity contribution is 7.71. The quantitative estimate of drug-likeness (QED) is 0.683. The van der Waals surface area contributed by atoms with E-state index in [-0.39, 0.29) is 5.02 Å². The van der Waals surface area contributed by atoms with Crippen molar-refractivity contribution in [3.8, 4) is 5.69 Å². The maximum absolute atomic E-state index is 13.2. The van der Waals surface area contributed by atoms with Gasteiger partial charge in [-0.1, -0.05) is 11.6 Å². The molecule has 19 heavy (non-hydrogen) atoms. The standard InChI is InChI=1S/C13H9ClFN3S/c1-7-4-5-16-12-11(7)17-13(19)18(12)8-2-3-10(15)9(14)6-8/h2-6H,1H3,(H,17,19). The van der Waals surface area contributed by atoms with Gasteiger partial charge < -0.3 is 4.98 Å². The summed E-state index contributed by atoms with van der Waals surface area (Å²) < 4.78 is 15.5. The first-order valence-electron chi connectivity index (χ1n) is 5.59. The summed E-state index contributed by atoms with van der Waals surface area (Å²) >= 11 is 11.1. The van der Waals surface area contributed by atoms with E-state index in [1.807, 2.05) is 13.0 Å². The van der Waals surface area contributed by atoms with Crippen LogP contribution in [0, 0.1) is 17.5 Å². The number of aromatic nitrogens is 3. The Bertz CT molecular complexity index is 838. The van der Waals surface area contributed by atoms with Crippen LogP contribution in [0.4, 0.5) is 4.39 Å². The van der Waals surface area contributed by atoms with Gasteiger partial charge in [0.1, 0.15) is 5.82 Å². The minimum Gasteiger partial charge on any atom is -0.329 e. The van der Waals surface area contributed by atoms with Crippen LogP contribution in [0.2, 0.25) is 5.02 Å². The number of aryl methyl sites for hydroxylation is 1. The first-order valence-corrected chi connectivity index (χ1v) is 6.38. The van der Waals surface area contributed by atoms with Gasteiger partial charge in [0.2, 0.25) is 0 Å². The molecule has 0 radical (unpaired) electrons. The number of rotatable bonds is 1. The first kappa shape index (κ1) is 12.3. The molecule has 96 valence electrons. The zero-order valence-corrected chi connectivity index (χ0v) is 11.5. The molecule has 0 bridgehead atoms. The third kappa shape index (κ3) is 1.95. The van der Waals surface area contributed by atoms with Crippen LogP contribution in [0.1, 0.15) is 5.56 Å². The second-order valence-electron chi connectivity index (χ2n) is 4.19. The number of hydrogen-bond acceptors (Lipinski definition) is 2. The van der Waals surface area contributed by atoms with Crippen molar-refractivity contribution < 1.29 is 4.39 Å². The van der Waals surface area contributed by atoms with Crippen molar-refractivity contribution in [1.82, 2.24) is 14.5 Å². The van der Waals surface area contributed by atoms with E-state index in [0.29, 0.717) is 16.1 Å². The molecule has 3 rings (SSSR count). The number of benzene rings is 1. The number of pyridine rings is 1. The highest BCUT2D eigenvalue weighted by Gasteiger charge is 2.10. The molecule has 0 aliphatic carbocycles. The summed E-state index contributed by atoms with van der Waals surface area (Å²) in [5.41, 5.74) is 3.30. The summed E-state index contributed by atoms with van der Waals surface area (Å²) in [5.74, 6) is -0.457. The third-order valence-electron chi connectivity index (χ3n) is 2.95. The number of nitrogens with one attached hydrogen (secondary N) is 1. The number of nitrogens with zero attached hydrogens (tertiary/aromatic N) is 2. The highest BCUT2D eigenvalue weighted by atomic mass is 35.5. The van der Waals surface area contributed by atoms with Crippen LogP contribution in [-0.4, -0.2) is 14.5 Å². The summed E-state index contributed by atoms with van der Waals surface area (Å²) in [5, 5.41) is 0.0569. The van der Waals surface area contributed by atoms with E-state index in [4.69, 9.17) is 23.8 Å². The smallest absolute Gasteiger partial charge is 0.184 e. The minimum atomic E-state index is -0.457. The van der Waals surface area contributed by atoms with Gasteiger partial charge >= 0.3 is 0 Å². The van der Waals surface area contributed by atoms with Crippen molar-refractivity contribution >= 4 is 35.0 Å². The minimum absolute atomic E-state index is 0.0569. The van der Waals surface area contributed by atoms with E-state index < -0.39 is 5.82 Å². The van der Waals surface area contributed by atoms with E-state index in [0.717, 1.165) is 11.1 Å². The fourth-order valence-corrected chi connectivity index (χ4v) is 2.46. The van der Waals surface area contributed by atoms with Gasteiger partial charge in [-0.15, -0.1) is 0 Å². The van der Waals surface area contributed by atoms with Gasteiger partial charge in [-0.3, -0.25) is 4.57 Å². The monoisotopic (exact) mass is 293 g/mol. The molecule has 0 spiro atoms. The van der Waals surface area contributed by atoms with Crippen LogP contribution in [0.3, 0.4) is 0 Å². The zero-order valence-electron chi connectivity index (χ0n) is 9.95. The summed E-state index contributed by atoms with van der Waals surface area (Å²) in [7, 11) is 0. The average molecular weight is 294 g/mol. The van der Waals surface area contributed by atoms with Crippen molar-refractivity contribution in [3.05, 3.63) is 51.6 Å². The largest absolute Gasteiger partial charge is 0.329 e. The lowest BCUT2D eigenvalue weighted by atomic mass is 10.2. The molecule has 0 aliphatic heterocycles. The molecule has 0 saturated heterocycles. The van der Waals surface area contributed by atoms with Gasteiger partial charge in [0.25, 0.3) is 0 Å². The molecule has 3 aromatic rings. The van der Waals surface area contributed by atoms with E-state index >= 15 is 0 Å². The molecule has 0 amide bonds. The number of imidazole rings is 1. The summed E-state index contributed by atoms with van der Waals surface area (Å²) in [4.78, 5) is 7.43. The Morgan fingerprint density at radius 1 is 1.37 bits per heavy atom. The summed E-state index contributed by atoms with van der Waals surface area (Å²) in [6.07, 6.45) is 1.71. The van der Waals surface area contributed by atoms with Gasteiger partial charge in [-0.05, 0) is 49.0 Å². The molecule has 2 aromatic heterocycles. The van der Waals surface area contributed by atoms with Crippen molar-refractivity contribution in [2.45, 2.75) is 6.92 Å². The van der Waals surface area contributed by atoms with Crippen LogP contribution in [0.25, 0.3) is 16.9 Å². The number of aromatic amines is 1. The number of hydrogen-bond donors (Lipinski definition) is 1. The van der Waals surface area contributed by atoms with Crippen molar-refractivity contribution in [2.24, 2.45) is 0 Å². The van der Waals surface area contributed by atoms with Gasteiger partial charge in [-0.25, -0.2) is 9.37 Å². The number of fused-ring (bicyclic) bond motifs is 1. The molecule has 6 heteroatoms. The van der Waals surface area contributed by atoms with Gasteiger partial charge in [0.05, 0.1) is 16.2 Å². The molecular formula is C13H9ClFN3S. The number of halogens is 2. The Morgan fingerprint density at radius 2 is 2.16 bits per heavy atom. The molecule has 0 saturated carbocycles. The number of H-pyrrole nitrogens is 1.